The van der Waals surface area contributed by atoms with Crippen molar-refractivity contribution >= 4 is 11.8 Å². The van der Waals surface area contributed by atoms with Crippen LogP contribution < -0.4 is 0 Å². The fraction of sp³-hybridized carbons (Fsp3) is 1.00. The van der Waals surface area contributed by atoms with Crippen molar-refractivity contribution in [3.63, 3.8) is 0 Å². The number of thioether (sulfide) groups is 1. The molecule has 1 atom stereocenters. The number of nitrogens with zero attached hydrogens (tertiary/aromatic N) is 1. The van der Waals surface area contributed by atoms with Crippen LogP contribution >= 0.6 is 11.8 Å². The molecule has 1 aliphatic heterocycles. The van der Waals surface area contributed by atoms with E-state index in [1.54, 1.807) is 0 Å². The minimum atomic E-state index is 0.722. The van der Waals surface area contributed by atoms with Gasteiger partial charge in [-0.2, -0.15) is 0 Å². The van der Waals surface area contributed by atoms with Gasteiger partial charge in [-0.15, -0.1) is 11.8 Å². The van der Waals surface area contributed by atoms with E-state index in [1.807, 2.05) is 0 Å². The molecule has 0 aromatic heterocycles. The second-order valence-electron chi connectivity index (χ2n) is 5.03. The lowest BCUT2D eigenvalue weighted by Gasteiger charge is -2.24. The van der Waals surface area contributed by atoms with Crippen LogP contribution in [0.1, 0.15) is 32.1 Å². The number of hydrogen-bond acceptors (Lipinski definition) is 2. The standard InChI is InChI=1S/C10H17NS/c1-11(2)8-7-9(3-4-9)12-10(8)5-6-10/h8H,3-7H2,1-2H3. The maximum absolute atomic E-state index is 2.47. The molecular weight excluding hydrogens is 166 g/mol. The summed E-state index contributed by atoms with van der Waals surface area (Å²) in [6.45, 7) is 0. The smallest absolute Gasteiger partial charge is 0.0322 e. The van der Waals surface area contributed by atoms with Crippen molar-refractivity contribution in [2.45, 2.75) is 47.6 Å². The zero-order valence-electron chi connectivity index (χ0n) is 7.97. The van der Waals surface area contributed by atoms with Gasteiger partial charge in [-0.25, -0.2) is 0 Å². The SMILES string of the molecule is CN(C)C1CC2(CC2)SC12CC2. The van der Waals surface area contributed by atoms with Crippen molar-refractivity contribution in [3.05, 3.63) is 0 Å². The highest BCUT2D eigenvalue weighted by Crippen LogP contribution is 2.71. The molecule has 1 unspecified atom stereocenters. The van der Waals surface area contributed by atoms with Crippen molar-refractivity contribution in [2.24, 2.45) is 0 Å². The molecule has 2 aliphatic carbocycles. The molecule has 2 spiro atoms. The Hall–Kier alpha value is 0.310. The lowest BCUT2D eigenvalue weighted by molar-refractivity contribution is 0.273. The van der Waals surface area contributed by atoms with Gasteiger partial charge in [0.05, 0.1) is 0 Å². The number of rotatable bonds is 1. The lowest BCUT2D eigenvalue weighted by Crippen LogP contribution is -2.35. The third-order valence-corrected chi connectivity index (χ3v) is 5.86. The van der Waals surface area contributed by atoms with Gasteiger partial charge < -0.3 is 4.90 Å². The van der Waals surface area contributed by atoms with Crippen LogP contribution in [0.4, 0.5) is 0 Å². The van der Waals surface area contributed by atoms with Crippen LogP contribution in [0.3, 0.4) is 0 Å². The van der Waals surface area contributed by atoms with E-state index in [2.05, 4.69) is 30.8 Å². The maximum Gasteiger partial charge on any atom is 0.0322 e. The van der Waals surface area contributed by atoms with Crippen molar-refractivity contribution in [1.29, 1.82) is 0 Å². The third-order valence-electron chi connectivity index (χ3n) is 3.77. The van der Waals surface area contributed by atoms with Crippen molar-refractivity contribution in [3.8, 4) is 0 Å². The Morgan fingerprint density at radius 2 is 1.83 bits per heavy atom. The summed E-state index contributed by atoms with van der Waals surface area (Å²) in [6.07, 6.45) is 7.46. The molecule has 0 radical (unpaired) electrons. The number of hydrogen-bond donors (Lipinski definition) is 0. The molecule has 1 saturated heterocycles. The second-order valence-corrected chi connectivity index (χ2v) is 6.92. The first-order valence-corrected chi connectivity index (χ1v) is 5.84. The lowest BCUT2D eigenvalue weighted by atomic mass is 10.0. The summed E-state index contributed by atoms with van der Waals surface area (Å²) in [5, 5.41) is 0. The first kappa shape index (κ1) is 7.69. The van der Waals surface area contributed by atoms with Crippen LogP contribution in [0.15, 0.2) is 0 Å². The van der Waals surface area contributed by atoms with Gasteiger partial charge in [0.2, 0.25) is 0 Å². The summed E-state index contributed by atoms with van der Waals surface area (Å²) in [5.74, 6) is 0. The Kier molecular flexibility index (Phi) is 1.30. The van der Waals surface area contributed by atoms with Crippen molar-refractivity contribution < 1.29 is 0 Å². The Labute approximate surface area is 78.9 Å². The normalized spacial score (nSPS) is 39.8. The quantitative estimate of drug-likeness (QED) is 0.612. The maximum atomic E-state index is 2.47. The molecular formula is C10H17NS. The molecule has 0 amide bonds. The molecule has 0 N–H and O–H groups in total. The van der Waals surface area contributed by atoms with E-state index in [-0.39, 0.29) is 0 Å². The van der Waals surface area contributed by atoms with Gasteiger partial charge in [0.1, 0.15) is 0 Å². The molecule has 3 aliphatic rings. The molecule has 0 aromatic carbocycles. The summed E-state index contributed by atoms with van der Waals surface area (Å²) in [4.78, 5) is 2.47. The van der Waals surface area contributed by atoms with Gasteiger partial charge in [-0.05, 0) is 46.2 Å². The van der Waals surface area contributed by atoms with Crippen LogP contribution in [-0.2, 0) is 0 Å². The first-order chi connectivity index (χ1) is 5.66. The highest BCUT2D eigenvalue weighted by molar-refractivity contribution is 8.02. The fourth-order valence-electron chi connectivity index (χ4n) is 2.74. The minimum Gasteiger partial charge on any atom is -0.305 e. The van der Waals surface area contributed by atoms with Gasteiger partial charge in [0, 0.05) is 15.5 Å². The van der Waals surface area contributed by atoms with Crippen LogP contribution in [0, 0.1) is 0 Å². The molecule has 3 fully saturated rings. The Balaban J connectivity index is 1.84. The molecule has 1 nitrogen and oxygen atoms in total. The first-order valence-electron chi connectivity index (χ1n) is 5.03. The van der Waals surface area contributed by atoms with E-state index >= 15 is 0 Å². The molecule has 1 heterocycles. The predicted octanol–water partition coefficient (Wildman–Crippen LogP) is 2.12. The van der Waals surface area contributed by atoms with Crippen LogP contribution in [0.25, 0.3) is 0 Å². The van der Waals surface area contributed by atoms with E-state index in [9.17, 15) is 0 Å². The van der Waals surface area contributed by atoms with E-state index in [0.717, 1.165) is 15.5 Å². The Bertz CT molecular complexity index is 216. The molecule has 68 valence electrons. The van der Waals surface area contributed by atoms with Gasteiger partial charge in [-0.1, -0.05) is 0 Å². The summed E-state index contributed by atoms with van der Waals surface area (Å²) in [7, 11) is 4.51. The van der Waals surface area contributed by atoms with E-state index in [1.165, 1.54) is 32.1 Å². The average Bonchev–Trinajstić information content (AvgIpc) is 2.81. The minimum absolute atomic E-state index is 0.722. The van der Waals surface area contributed by atoms with Crippen LogP contribution in [0.2, 0.25) is 0 Å². The van der Waals surface area contributed by atoms with Crippen molar-refractivity contribution in [1.82, 2.24) is 4.90 Å². The summed E-state index contributed by atoms with van der Waals surface area (Å²) in [6, 6.07) is 0.894. The van der Waals surface area contributed by atoms with Gasteiger partial charge >= 0.3 is 0 Å². The van der Waals surface area contributed by atoms with Crippen molar-refractivity contribution in [2.75, 3.05) is 14.1 Å². The summed E-state index contributed by atoms with van der Waals surface area (Å²) >= 11 is 2.34. The highest BCUT2D eigenvalue weighted by atomic mass is 32.2. The molecule has 12 heavy (non-hydrogen) atoms. The van der Waals surface area contributed by atoms with E-state index < -0.39 is 0 Å². The molecule has 3 rings (SSSR count). The molecule has 2 heteroatoms. The third kappa shape index (κ3) is 0.912. The highest BCUT2D eigenvalue weighted by Gasteiger charge is 2.65. The molecule has 0 bridgehead atoms. The monoisotopic (exact) mass is 183 g/mol. The summed E-state index contributed by atoms with van der Waals surface area (Å²) in [5.41, 5.74) is 0. The average molecular weight is 183 g/mol. The topological polar surface area (TPSA) is 3.24 Å². The van der Waals surface area contributed by atoms with Gasteiger partial charge in [-0.3, -0.25) is 0 Å². The van der Waals surface area contributed by atoms with Crippen LogP contribution in [-0.4, -0.2) is 34.5 Å². The predicted molar refractivity (Wildman–Crippen MR) is 53.6 cm³/mol. The zero-order valence-corrected chi connectivity index (χ0v) is 8.78. The molecule has 2 saturated carbocycles. The van der Waals surface area contributed by atoms with Crippen LogP contribution in [0.5, 0.6) is 0 Å². The Morgan fingerprint density at radius 1 is 1.17 bits per heavy atom. The van der Waals surface area contributed by atoms with E-state index in [4.69, 9.17) is 0 Å². The zero-order chi connectivity index (χ0) is 8.40. The summed E-state index contributed by atoms with van der Waals surface area (Å²) < 4.78 is 1.49. The molecule has 0 aromatic rings. The fourth-order valence-corrected chi connectivity index (χ4v) is 4.88. The van der Waals surface area contributed by atoms with Gasteiger partial charge in [0.15, 0.2) is 0 Å². The Morgan fingerprint density at radius 3 is 2.17 bits per heavy atom. The second kappa shape index (κ2) is 2.03. The van der Waals surface area contributed by atoms with E-state index in [0.29, 0.717) is 0 Å². The largest absolute Gasteiger partial charge is 0.305 e. The van der Waals surface area contributed by atoms with Gasteiger partial charge in [0.25, 0.3) is 0 Å².